The van der Waals surface area contributed by atoms with Crippen LogP contribution in [-0.4, -0.2) is 41.6 Å². The Kier molecular flexibility index (Phi) is 2.39. The normalized spacial score (nSPS) is 44.9. The average molecular weight is 359 g/mol. The lowest BCUT2D eigenvalue weighted by molar-refractivity contribution is -0.140. The summed E-state index contributed by atoms with van der Waals surface area (Å²) in [7, 11) is 0. The lowest BCUT2D eigenvalue weighted by Gasteiger charge is -2.43. The van der Waals surface area contributed by atoms with Gasteiger partial charge in [-0.15, -0.1) is 0 Å². The molecule has 1 N–H and O–H groups in total. The fourth-order valence-electron chi connectivity index (χ4n) is 5.86. The second-order valence-corrected chi connectivity index (χ2v) is 9.01. The highest BCUT2D eigenvalue weighted by Crippen LogP contribution is 2.84. The van der Waals surface area contributed by atoms with E-state index >= 15 is 0 Å². The van der Waals surface area contributed by atoms with Crippen molar-refractivity contribution in [2.75, 3.05) is 13.2 Å². The molecule has 1 aromatic carbocycles. The predicted octanol–water partition coefficient (Wildman–Crippen LogP) is 2.25. The number of hydrogen-bond acceptors (Lipinski definition) is 3. The summed E-state index contributed by atoms with van der Waals surface area (Å²) in [6.45, 7) is 3.25. The van der Waals surface area contributed by atoms with Crippen molar-refractivity contribution in [1.29, 1.82) is 0 Å². The number of alkyl carbamates (subject to hydrolysis) is 1. The van der Waals surface area contributed by atoms with E-state index < -0.39 is 0 Å². The Balaban J connectivity index is 1.18. The van der Waals surface area contributed by atoms with E-state index in [0.717, 1.165) is 17.1 Å². The van der Waals surface area contributed by atoms with Crippen LogP contribution in [0.1, 0.15) is 24.0 Å². The number of aryl methyl sites for hydroxylation is 1. The van der Waals surface area contributed by atoms with Crippen LogP contribution in [0.5, 0.6) is 0 Å². The highest BCUT2D eigenvalue weighted by atomic mass is 35.5. The Bertz CT molecular complexity index is 837. The molecule has 1 aromatic rings. The fraction of sp³-hybridized carbons (Fsp3) is 0.579. The van der Waals surface area contributed by atoms with Crippen molar-refractivity contribution in [3.63, 3.8) is 0 Å². The first kappa shape index (κ1) is 14.4. The molecule has 5 nitrogen and oxygen atoms in total. The molecule has 1 spiro atoms. The Morgan fingerprint density at radius 3 is 2.76 bits per heavy atom. The van der Waals surface area contributed by atoms with Crippen molar-refractivity contribution >= 4 is 23.6 Å². The monoisotopic (exact) mass is 358 g/mol. The van der Waals surface area contributed by atoms with E-state index in [1.807, 2.05) is 6.92 Å². The lowest BCUT2D eigenvalue weighted by Crippen LogP contribution is -2.58. The van der Waals surface area contributed by atoms with Gasteiger partial charge in [0.15, 0.2) is 0 Å². The number of amides is 2. The van der Waals surface area contributed by atoms with Gasteiger partial charge in [0.2, 0.25) is 5.91 Å². The zero-order valence-electron chi connectivity index (χ0n) is 13.9. The standard InChI is InChI=1S/C19H19ClN2O3/c1-9-2-3-11(4-12(9)20)19-7-22(15-13(19)14(15)19)16(23)10-5-18(6-10)8-25-17(24)21-18/h2-4,10,13-15H,5-8H2,1H3,(H,21,24)/t10-,13?,14?,15?,18+,19?. The molecule has 3 saturated heterocycles. The van der Waals surface area contributed by atoms with Gasteiger partial charge >= 0.3 is 6.09 Å². The van der Waals surface area contributed by atoms with Crippen LogP contribution in [0.4, 0.5) is 4.79 Å². The predicted molar refractivity (Wildman–Crippen MR) is 90.3 cm³/mol. The van der Waals surface area contributed by atoms with Crippen LogP contribution in [0, 0.1) is 24.7 Å². The fourth-order valence-corrected chi connectivity index (χ4v) is 6.04. The largest absolute Gasteiger partial charge is 0.447 e. The molecule has 2 atom stereocenters. The molecular formula is C19H19ClN2O3. The van der Waals surface area contributed by atoms with Crippen LogP contribution >= 0.6 is 11.6 Å². The molecule has 3 saturated carbocycles. The first-order valence-corrected chi connectivity index (χ1v) is 9.35. The van der Waals surface area contributed by atoms with Gasteiger partial charge in [0.05, 0.1) is 5.54 Å². The maximum atomic E-state index is 12.9. The number of fused-ring (bicyclic) bond motifs is 1. The van der Waals surface area contributed by atoms with Crippen molar-refractivity contribution < 1.29 is 14.3 Å². The summed E-state index contributed by atoms with van der Waals surface area (Å²) >= 11 is 6.32. The molecule has 0 aromatic heterocycles. The van der Waals surface area contributed by atoms with Crippen molar-refractivity contribution in [3.8, 4) is 0 Å². The number of benzene rings is 1. The number of rotatable bonds is 2. The summed E-state index contributed by atoms with van der Waals surface area (Å²) in [5.41, 5.74) is 2.28. The number of nitrogens with one attached hydrogen (secondary N) is 1. The Labute approximate surface area is 150 Å². The molecular weight excluding hydrogens is 340 g/mol. The van der Waals surface area contributed by atoms with Gasteiger partial charge in [-0.05, 0) is 48.8 Å². The van der Waals surface area contributed by atoms with E-state index in [4.69, 9.17) is 16.3 Å². The second-order valence-electron chi connectivity index (χ2n) is 8.60. The van der Waals surface area contributed by atoms with E-state index in [9.17, 15) is 9.59 Å². The SMILES string of the molecule is Cc1ccc(C23CN(C(=O)[C@H]4C[C@]5(COC(=O)N5)C4)C4C2C43)cc1Cl. The van der Waals surface area contributed by atoms with Gasteiger partial charge in [0.25, 0.3) is 0 Å². The summed E-state index contributed by atoms with van der Waals surface area (Å²) in [5.74, 6) is 1.57. The first-order valence-electron chi connectivity index (χ1n) is 8.97. The molecule has 0 radical (unpaired) electrons. The van der Waals surface area contributed by atoms with Crippen LogP contribution in [0.2, 0.25) is 5.02 Å². The molecule has 2 bridgehead atoms. The van der Waals surface area contributed by atoms with Crippen molar-refractivity contribution in [3.05, 3.63) is 34.3 Å². The highest BCUT2D eigenvalue weighted by molar-refractivity contribution is 6.31. The molecule has 6 fully saturated rings. The van der Waals surface area contributed by atoms with Crippen LogP contribution in [0.3, 0.4) is 0 Å². The van der Waals surface area contributed by atoms with Crippen molar-refractivity contribution in [2.45, 2.75) is 36.8 Å². The zero-order valence-corrected chi connectivity index (χ0v) is 14.7. The molecule has 130 valence electrons. The lowest BCUT2D eigenvalue weighted by atomic mass is 9.68. The third-order valence-corrected chi connectivity index (χ3v) is 7.72. The minimum Gasteiger partial charge on any atom is -0.447 e. The van der Waals surface area contributed by atoms with Gasteiger partial charge in [0.1, 0.15) is 6.61 Å². The number of carbonyl (C=O) groups excluding carboxylic acids is 2. The summed E-state index contributed by atoms with van der Waals surface area (Å²) < 4.78 is 5.00. The third kappa shape index (κ3) is 1.61. The molecule has 3 heterocycles. The number of carbonyl (C=O) groups is 2. The van der Waals surface area contributed by atoms with Crippen molar-refractivity contribution in [2.24, 2.45) is 17.8 Å². The number of nitrogens with zero attached hydrogens (tertiary/aromatic N) is 1. The van der Waals surface area contributed by atoms with Crippen LogP contribution < -0.4 is 5.32 Å². The zero-order chi connectivity index (χ0) is 17.1. The number of hydrogen-bond donors (Lipinski definition) is 1. The smallest absolute Gasteiger partial charge is 0.407 e. The Morgan fingerprint density at radius 2 is 2.12 bits per heavy atom. The topological polar surface area (TPSA) is 58.6 Å². The molecule has 6 heteroatoms. The number of ether oxygens (including phenoxy) is 1. The maximum Gasteiger partial charge on any atom is 0.407 e. The van der Waals surface area contributed by atoms with Gasteiger partial charge in [-0.25, -0.2) is 4.79 Å². The molecule has 2 amide bonds. The van der Waals surface area contributed by atoms with Crippen molar-refractivity contribution in [1.82, 2.24) is 10.2 Å². The maximum absolute atomic E-state index is 12.9. The van der Waals surface area contributed by atoms with Gasteiger partial charge in [-0.2, -0.15) is 0 Å². The van der Waals surface area contributed by atoms with E-state index in [2.05, 4.69) is 28.4 Å². The molecule has 7 rings (SSSR count). The second kappa shape index (κ2) is 4.14. The minimum absolute atomic E-state index is 0.0272. The van der Waals surface area contributed by atoms with Crippen LogP contribution in [-0.2, 0) is 14.9 Å². The average Bonchev–Trinajstić information content (AvgIpc) is 3.26. The van der Waals surface area contributed by atoms with E-state index in [1.54, 1.807) is 0 Å². The molecule has 3 aliphatic heterocycles. The summed E-state index contributed by atoms with van der Waals surface area (Å²) in [6, 6.07) is 6.81. The van der Waals surface area contributed by atoms with Gasteiger partial charge in [-0.1, -0.05) is 23.7 Å². The number of halogens is 1. The van der Waals surface area contributed by atoms with Crippen LogP contribution in [0.25, 0.3) is 0 Å². The molecule has 6 aliphatic rings. The molecule has 3 aliphatic carbocycles. The van der Waals surface area contributed by atoms with Gasteiger partial charge in [0, 0.05) is 28.9 Å². The Morgan fingerprint density at radius 1 is 1.36 bits per heavy atom. The molecule has 2 unspecified atom stereocenters. The highest BCUT2D eigenvalue weighted by Gasteiger charge is 2.91. The molecule has 25 heavy (non-hydrogen) atoms. The summed E-state index contributed by atoms with van der Waals surface area (Å²) in [5, 5.41) is 3.68. The number of cyclic esters (lactones) is 1. The number of piperidine rings is 1. The third-order valence-electron chi connectivity index (χ3n) is 7.32. The summed E-state index contributed by atoms with van der Waals surface area (Å²) in [6.07, 6.45) is 1.06. The van der Waals surface area contributed by atoms with Gasteiger partial charge < -0.3 is 15.0 Å². The Hall–Kier alpha value is -1.75. The van der Waals surface area contributed by atoms with E-state index in [0.29, 0.717) is 37.3 Å². The van der Waals surface area contributed by atoms with Crippen LogP contribution in [0.15, 0.2) is 18.2 Å². The first-order chi connectivity index (χ1) is 12.0. The van der Waals surface area contributed by atoms with Gasteiger partial charge in [-0.3, -0.25) is 4.79 Å². The van der Waals surface area contributed by atoms with E-state index in [1.165, 1.54) is 5.56 Å². The minimum atomic E-state index is -0.353. The quantitative estimate of drug-likeness (QED) is 0.882. The summed E-state index contributed by atoms with van der Waals surface area (Å²) in [4.78, 5) is 26.3. The van der Waals surface area contributed by atoms with E-state index in [-0.39, 0.29) is 28.9 Å².